The van der Waals surface area contributed by atoms with Crippen LogP contribution in [0.25, 0.3) is 16.7 Å². The van der Waals surface area contributed by atoms with Crippen molar-refractivity contribution in [3.63, 3.8) is 0 Å². The van der Waals surface area contributed by atoms with E-state index in [4.69, 9.17) is 0 Å². The van der Waals surface area contributed by atoms with Gasteiger partial charge in [0.2, 0.25) is 0 Å². The Morgan fingerprint density at radius 2 is 1.96 bits per heavy atom. The number of phenols is 1. The first-order valence-electron chi connectivity index (χ1n) is 7.48. The molecule has 0 aliphatic heterocycles. The molecule has 24 heavy (non-hydrogen) atoms. The van der Waals surface area contributed by atoms with E-state index in [0.717, 1.165) is 0 Å². The highest BCUT2D eigenvalue weighted by atomic mass is 32.2. The van der Waals surface area contributed by atoms with Gasteiger partial charge in [0, 0.05) is 5.56 Å². The standard InChI is InChI=1S/C16H17N3O4S/c1-3-10(2)12-8-11(24(21,22)23)9-15(16(12)20)19-14-7-5-4-6-13(14)17-18-19/h4-10,20H,3H2,1-2H3,(H,21,22,23). The Kier molecular flexibility index (Phi) is 4.02. The van der Waals surface area contributed by atoms with Crippen molar-refractivity contribution in [3.8, 4) is 11.4 Å². The average Bonchev–Trinajstić information content (AvgIpc) is 2.97. The summed E-state index contributed by atoms with van der Waals surface area (Å²) < 4.78 is 34.0. The number of fused-ring (bicyclic) bond motifs is 1. The molecule has 2 N–H and O–H groups in total. The molecular weight excluding hydrogens is 330 g/mol. The molecule has 0 amide bonds. The van der Waals surface area contributed by atoms with Crippen LogP contribution in [0.5, 0.6) is 5.75 Å². The van der Waals surface area contributed by atoms with Crippen LogP contribution in [0.3, 0.4) is 0 Å². The zero-order valence-electron chi connectivity index (χ0n) is 13.2. The van der Waals surface area contributed by atoms with Crippen LogP contribution in [0, 0.1) is 0 Å². The van der Waals surface area contributed by atoms with Crippen LogP contribution >= 0.6 is 0 Å². The lowest BCUT2D eigenvalue weighted by molar-refractivity contribution is 0.455. The molecule has 1 atom stereocenters. The van der Waals surface area contributed by atoms with Gasteiger partial charge in [0.1, 0.15) is 17.0 Å². The molecule has 0 bridgehead atoms. The Morgan fingerprint density at radius 3 is 2.62 bits per heavy atom. The third-order valence-electron chi connectivity index (χ3n) is 4.11. The largest absolute Gasteiger partial charge is 0.505 e. The third kappa shape index (κ3) is 2.74. The number of phenolic OH excluding ortho intramolecular Hbond substituents is 1. The summed E-state index contributed by atoms with van der Waals surface area (Å²) in [6.07, 6.45) is 0.694. The number of aromatic nitrogens is 3. The molecule has 3 aromatic rings. The zero-order chi connectivity index (χ0) is 17.5. The van der Waals surface area contributed by atoms with Gasteiger partial charge < -0.3 is 5.11 Å². The lowest BCUT2D eigenvalue weighted by atomic mass is 9.97. The summed E-state index contributed by atoms with van der Waals surface area (Å²) in [7, 11) is -4.42. The fraction of sp³-hybridized carbons (Fsp3) is 0.250. The van der Waals surface area contributed by atoms with Crippen molar-refractivity contribution in [3.05, 3.63) is 42.0 Å². The van der Waals surface area contributed by atoms with Crippen LogP contribution in [-0.2, 0) is 10.1 Å². The van der Waals surface area contributed by atoms with Crippen molar-refractivity contribution in [1.29, 1.82) is 0 Å². The Balaban J connectivity index is 2.34. The van der Waals surface area contributed by atoms with Gasteiger partial charge in [0.05, 0.1) is 10.4 Å². The lowest BCUT2D eigenvalue weighted by Crippen LogP contribution is -2.06. The Bertz CT molecular complexity index is 1010. The lowest BCUT2D eigenvalue weighted by Gasteiger charge is -2.16. The highest BCUT2D eigenvalue weighted by Crippen LogP contribution is 2.36. The van der Waals surface area contributed by atoms with Gasteiger partial charge >= 0.3 is 0 Å². The molecule has 0 fully saturated rings. The smallest absolute Gasteiger partial charge is 0.294 e. The molecule has 0 radical (unpaired) electrons. The van der Waals surface area contributed by atoms with Gasteiger partial charge in [-0.1, -0.05) is 31.2 Å². The van der Waals surface area contributed by atoms with Gasteiger partial charge in [0.15, 0.2) is 0 Å². The normalized spacial score (nSPS) is 13.3. The molecule has 7 nitrogen and oxygen atoms in total. The minimum Gasteiger partial charge on any atom is -0.505 e. The van der Waals surface area contributed by atoms with E-state index in [1.165, 1.54) is 16.8 Å². The first-order chi connectivity index (χ1) is 11.3. The number of rotatable bonds is 4. The van der Waals surface area contributed by atoms with Crippen molar-refractivity contribution in [2.75, 3.05) is 0 Å². The summed E-state index contributed by atoms with van der Waals surface area (Å²) in [5, 5.41) is 18.7. The maximum Gasteiger partial charge on any atom is 0.294 e. The van der Waals surface area contributed by atoms with Gasteiger partial charge in [-0.15, -0.1) is 5.10 Å². The molecule has 1 heterocycles. The Labute approximate surface area is 139 Å². The maximum absolute atomic E-state index is 11.6. The van der Waals surface area contributed by atoms with Crippen LogP contribution < -0.4 is 0 Å². The SMILES string of the molecule is CCC(C)c1cc(S(=O)(=O)O)cc(-n2nnc3ccccc32)c1O. The number of aromatic hydroxyl groups is 1. The fourth-order valence-corrected chi connectivity index (χ4v) is 3.10. The van der Waals surface area contributed by atoms with Gasteiger partial charge in [-0.25, -0.2) is 4.68 Å². The van der Waals surface area contributed by atoms with Crippen LogP contribution in [0.1, 0.15) is 31.7 Å². The molecule has 0 aliphatic rings. The molecule has 0 spiro atoms. The molecule has 0 saturated heterocycles. The van der Waals surface area contributed by atoms with E-state index in [1.807, 2.05) is 13.8 Å². The summed E-state index contributed by atoms with van der Waals surface area (Å²) in [5.74, 6) is -0.173. The number of para-hydroxylation sites is 1. The molecule has 1 aromatic heterocycles. The number of hydrogen-bond donors (Lipinski definition) is 2. The van der Waals surface area contributed by atoms with Gasteiger partial charge in [-0.2, -0.15) is 8.42 Å². The number of hydrogen-bond acceptors (Lipinski definition) is 5. The maximum atomic E-state index is 11.6. The van der Waals surface area contributed by atoms with Crippen molar-refractivity contribution >= 4 is 21.2 Å². The van der Waals surface area contributed by atoms with Gasteiger partial charge in [-0.3, -0.25) is 4.55 Å². The number of nitrogens with zero attached hydrogens (tertiary/aromatic N) is 3. The molecule has 0 saturated carbocycles. The van der Waals surface area contributed by atoms with E-state index in [1.54, 1.807) is 24.3 Å². The molecule has 8 heteroatoms. The second-order valence-corrected chi connectivity index (χ2v) is 7.08. The van der Waals surface area contributed by atoms with Crippen LogP contribution in [0.15, 0.2) is 41.3 Å². The second-order valence-electron chi connectivity index (χ2n) is 5.65. The van der Waals surface area contributed by atoms with E-state index in [9.17, 15) is 18.1 Å². The van der Waals surface area contributed by atoms with Crippen molar-refractivity contribution in [2.45, 2.75) is 31.1 Å². The summed E-state index contributed by atoms with van der Waals surface area (Å²) in [4.78, 5) is -0.287. The van der Waals surface area contributed by atoms with Crippen molar-refractivity contribution in [2.24, 2.45) is 0 Å². The summed E-state index contributed by atoms with van der Waals surface area (Å²) in [6.45, 7) is 3.79. The van der Waals surface area contributed by atoms with E-state index in [0.29, 0.717) is 23.0 Å². The molecule has 1 unspecified atom stereocenters. The molecule has 126 valence electrons. The predicted molar refractivity (Wildman–Crippen MR) is 89.1 cm³/mol. The van der Waals surface area contributed by atoms with Crippen molar-refractivity contribution < 1.29 is 18.1 Å². The highest BCUT2D eigenvalue weighted by molar-refractivity contribution is 7.85. The third-order valence-corrected chi connectivity index (χ3v) is 4.95. The highest BCUT2D eigenvalue weighted by Gasteiger charge is 2.22. The first kappa shape index (κ1) is 16.4. The minimum atomic E-state index is -4.42. The monoisotopic (exact) mass is 347 g/mol. The molecule has 3 rings (SSSR count). The molecule has 2 aromatic carbocycles. The van der Waals surface area contributed by atoms with Crippen LogP contribution in [0.2, 0.25) is 0 Å². The fourth-order valence-electron chi connectivity index (χ4n) is 2.57. The van der Waals surface area contributed by atoms with Crippen LogP contribution in [-0.4, -0.2) is 33.1 Å². The van der Waals surface area contributed by atoms with Gasteiger partial charge in [0.25, 0.3) is 10.1 Å². The van der Waals surface area contributed by atoms with Crippen molar-refractivity contribution in [1.82, 2.24) is 15.0 Å². The molecule has 0 aliphatic carbocycles. The Morgan fingerprint density at radius 1 is 1.25 bits per heavy atom. The van der Waals surface area contributed by atoms with E-state index in [2.05, 4.69) is 10.3 Å². The van der Waals surface area contributed by atoms with E-state index >= 15 is 0 Å². The zero-order valence-corrected chi connectivity index (χ0v) is 14.0. The quantitative estimate of drug-likeness (QED) is 0.703. The van der Waals surface area contributed by atoms with E-state index in [-0.39, 0.29) is 22.3 Å². The van der Waals surface area contributed by atoms with Crippen LogP contribution in [0.4, 0.5) is 0 Å². The second kappa shape index (κ2) is 5.88. The summed E-state index contributed by atoms with van der Waals surface area (Å²) in [5.41, 5.74) is 1.82. The van der Waals surface area contributed by atoms with Gasteiger partial charge in [-0.05, 0) is 36.6 Å². The number of benzene rings is 2. The summed E-state index contributed by atoms with van der Waals surface area (Å²) >= 11 is 0. The minimum absolute atomic E-state index is 0.0765. The molecular formula is C16H17N3O4S. The average molecular weight is 347 g/mol. The Hall–Kier alpha value is -2.45. The summed E-state index contributed by atoms with van der Waals surface area (Å²) in [6, 6.07) is 9.61. The topological polar surface area (TPSA) is 105 Å². The first-order valence-corrected chi connectivity index (χ1v) is 8.92. The van der Waals surface area contributed by atoms with E-state index < -0.39 is 10.1 Å². The predicted octanol–water partition coefficient (Wildman–Crippen LogP) is 2.89.